The van der Waals surface area contributed by atoms with E-state index in [9.17, 15) is 4.79 Å². The van der Waals surface area contributed by atoms with Crippen LogP contribution in [0.2, 0.25) is 0 Å². The molecule has 0 saturated heterocycles. The fraction of sp³-hybridized carbons (Fsp3) is 0.346. The molecular weight excluding hydrogens is 402 g/mol. The SMILES string of the molecule is COc1ccc(NC(=O)C=Cc2cc3ccccc3[nH]2)cc1OCCN(C(C)C)C(C)C. The van der Waals surface area contributed by atoms with Crippen molar-refractivity contribution in [3.05, 3.63) is 60.3 Å². The van der Waals surface area contributed by atoms with Crippen LogP contribution in [0.5, 0.6) is 11.5 Å². The van der Waals surface area contributed by atoms with E-state index in [-0.39, 0.29) is 5.91 Å². The van der Waals surface area contributed by atoms with Gasteiger partial charge in [0.05, 0.1) is 7.11 Å². The highest BCUT2D eigenvalue weighted by Gasteiger charge is 2.14. The van der Waals surface area contributed by atoms with Crippen LogP contribution in [0, 0.1) is 0 Å². The molecule has 0 radical (unpaired) electrons. The van der Waals surface area contributed by atoms with Crippen molar-refractivity contribution in [2.45, 2.75) is 39.8 Å². The van der Waals surface area contributed by atoms with Crippen LogP contribution in [0.4, 0.5) is 5.69 Å². The van der Waals surface area contributed by atoms with E-state index in [0.717, 1.165) is 23.1 Å². The Morgan fingerprint density at radius 1 is 1.06 bits per heavy atom. The number of fused-ring (bicyclic) bond motifs is 1. The van der Waals surface area contributed by atoms with Crippen LogP contribution < -0.4 is 14.8 Å². The highest BCUT2D eigenvalue weighted by molar-refractivity contribution is 6.02. The second-order valence-electron chi connectivity index (χ2n) is 8.27. The predicted octanol–water partition coefficient (Wildman–Crippen LogP) is 5.33. The van der Waals surface area contributed by atoms with Gasteiger partial charge in [0.25, 0.3) is 0 Å². The van der Waals surface area contributed by atoms with Gasteiger partial charge < -0.3 is 19.8 Å². The fourth-order valence-electron chi connectivity index (χ4n) is 3.78. The van der Waals surface area contributed by atoms with Crippen LogP contribution in [0.3, 0.4) is 0 Å². The first-order valence-corrected chi connectivity index (χ1v) is 11.0. The van der Waals surface area contributed by atoms with Crippen LogP contribution in [-0.2, 0) is 4.79 Å². The van der Waals surface area contributed by atoms with Gasteiger partial charge in [-0.3, -0.25) is 9.69 Å². The number of hydrogen-bond acceptors (Lipinski definition) is 4. The molecule has 6 nitrogen and oxygen atoms in total. The Hall–Kier alpha value is -3.25. The van der Waals surface area contributed by atoms with Gasteiger partial charge in [0.15, 0.2) is 11.5 Å². The van der Waals surface area contributed by atoms with Gasteiger partial charge in [-0.1, -0.05) is 18.2 Å². The van der Waals surface area contributed by atoms with E-state index in [4.69, 9.17) is 9.47 Å². The van der Waals surface area contributed by atoms with E-state index < -0.39 is 0 Å². The number of ether oxygens (including phenoxy) is 2. The number of rotatable bonds is 10. The van der Waals surface area contributed by atoms with Crippen molar-refractivity contribution in [2.75, 3.05) is 25.6 Å². The predicted molar refractivity (Wildman–Crippen MR) is 131 cm³/mol. The Balaban J connectivity index is 1.62. The lowest BCUT2D eigenvalue weighted by atomic mass is 10.2. The Labute approximate surface area is 190 Å². The Bertz CT molecular complexity index is 1030. The standard InChI is InChI=1S/C26H33N3O3/c1-18(2)29(19(3)4)14-15-32-25-17-22(10-12-24(25)31-5)28-26(30)13-11-21-16-20-8-6-7-9-23(20)27-21/h6-13,16-19,27H,14-15H2,1-5H3,(H,28,30). The number of amides is 1. The number of para-hydroxylation sites is 1. The maximum absolute atomic E-state index is 12.4. The number of methoxy groups -OCH3 is 1. The van der Waals surface area contributed by atoms with Gasteiger partial charge in [-0.25, -0.2) is 0 Å². The molecule has 1 aromatic heterocycles. The molecule has 0 fully saturated rings. The van der Waals surface area contributed by atoms with Crippen LogP contribution in [0.25, 0.3) is 17.0 Å². The minimum Gasteiger partial charge on any atom is -0.493 e. The van der Waals surface area contributed by atoms with Crippen molar-refractivity contribution in [3.63, 3.8) is 0 Å². The monoisotopic (exact) mass is 435 g/mol. The molecule has 0 unspecified atom stereocenters. The average molecular weight is 436 g/mol. The molecule has 1 amide bonds. The molecule has 0 spiro atoms. The molecule has 0 atom stereocenters. The largest absolute Gasteiger partial charge is 0.493 e. The summed E-state index contributed by atoms with van der Waals surface area (Å²) in [7, 11) is 1.61. The van der Waals surface area contributed by atoms with E-state index in [1.165, 1.54) is 6.08 Å². The molecule has 0 saturated carbocycles. The smallest absolute Gasteiger partial charge is 0.248 e. The Kier molecular flexibility index (Phi) is 7.95. The summed E-state index contributed by atoms with van der Waals surface area (Å²) < 4.78 is 11.4. The highest BCUT2D eigenvalue weighted by Crippen LogP contribution is 2.30. The normalized spacial score (nSPS) is 11.8. The molecule has 0 bridgehead atoms. The second-order valence-corrected chi connectivity index (χ2v) is 8.27. The van der Waals surface area contributed by atoms with Crippen molar-refractivity contribution < 1.29 is 14.3 Å². The maximum Gasteiger partial charge on any atom is 0.248 e. The van der Waals surface area contributed by atoms with Gasteiger partial charge >= 0.3 is 0 Å². The van der Waals surface area contributed by atoms with Crippen molar-refractivity contribution in [1.82, 2.24) is 9.88 Å². The quantitative estimate of drug-likeness (QED) is 0.423. The van der Waals surface area contributed by atoms with E-state index in [1.54, 1.807) is 31.4 Å². The summed E-state index contributed by atoms with van der Waals surface area (Å²) in [6.07, 6.45) is 3.28. The molecule has 6 heteroatoms. The Morgan fingerprint density at radius 2 is 1.81 bits per heavy atom. The molecule has 0 aliphatic carbocycles. The van der Waals surface area contributed by atoms with E-state index in [2.05, 4.69) is 42.9 Å². The number of aromatic amines is 1. The summed E-state index contributed by atoms with van der Waals surface area (Å²) in [5, 5.41) is 4.00. The highest BCUT2D eigenvalue weighted by atomic mass is 16.5. The van der Waals surface area contributed by atoms with Gasteiger partial charge in [-0.05, 0) is 63.4 Å². The van der Waals surface area contributed by atoms with Crippen LogP contribution in [0.1, 0.15) is 33.4 Å². The fourth-order valence-corrected chi connectivity index (χ4v) is 3.78. The van der Waals surface area contributed by atoms with Crippen LogP contribution >= 0.6 is 0 Å². The van der Waals surface area contributed by atoms with Gasteiger partial charge in [-0.15, -0.1) is 0 Å². The number of nitrogens with one attached hydrogen (secondary N) is 2. The third-order valence-corrected chi connectivity index (χ3v) is 5.33. The first-order chi connectivity index (χ1) is 15.4. The van der Waals surface area contributed by atoms with Crippen molar-refractivity contribution >= 4 is 28.6 Å². The third-order valence-electron chi connectivity index (χ3n) is 5.33. The summed E-state index contributed by atoms with van der Waals surface area (Å²) in [5.41, 5.74) is 2.56. The molecule has 0 aliphatic heterocycles. The lowest BCUT2D eigenvalue weighted by Crippen LogP contribution is -2.39. The van der Waals surface area contributed by atoms with E-state index in [1.807, 2.05) is 30.3 Å². The van der Waals surface area contributed by atoms with Crippen molar-refractivity contribution in [1.29, 1.82) is 0 Å². The molecular formula is C26H33N3O3. The van der Waals surface area contributed by atoms with E-state index >= 15 is 0 Å². The van der Waals surface area contributed by atoms with Crippen LogP contribution in [0.15, 0.2) is 54.6 Å². The minimum atomic E-state index is -0.217. The number of carbonyl (C=O) groups is 1. The molecule has 2 N–H and O–H groups in total. The number of hydrogen-bond donors (Lipinski definition) is 2. The van der Waals surface area contributed by atoms with Gasteiger partial charge in [0, 0.05) is 47.7 Å². The minimum absolute atomic E-state index is 0.217. The molecule has 3 rings (SSSR count). The van der Waals surface area contributed by atoms with E-state index in [0.29, 0.717) is 35.9 Å². The number of carbonyl (C=O) groups excluding carboxylic acids is 1. The molecule has 3 aromatic rings. The first kappa shape index (κ1) is 23.4. The number of H-pyrrole nitrogens is 1. The molecule has 32 heavy (non-hydrogen) atoms. The second kappa shape index (κ2) is 10.9. The zero-order valence-corrected chi connectivity index (χ0v) is 19.5. The topological polar surface area (TPSA) is 66.6 Å². The summed E-state index contributed by atoms with van der Waals surface area (Å²) in [6.45, 7) is 10.1. The van der Waals surface area contributed by atoms with Crippen molar-refractivity contribution in [3.8, 4) is 11.5 Å². The zero-order chi connectivity index (χ0) is 23.1. The van der Waals surface area contributed by atoms with Gasteiger partial charge in [-0.2, -0.15) is 0 Å². The summed E-state index contributed by atoms with van der Waals surface area (Å²) >= 11 is 0. The van der Waals surface area contributed by atoms with Gasteiger partial charge in [0.1, 0.15) is 6.61 Å². The number of benzene rings is 2. The Morgan fingerprint density at radius 3 is 2.50 bits per heavy atom. The molecule has 2 aromatic carbocycles. The number of aromatic nitrogens is 1. The molecule has 170 valence electrons. The van der Waals surface area contributed by atoms with Crippen LogP contribution in [-0.4, -0.2) is 48.1 Å². The number of anilines is 1. The molecule has 0 aliphatic rings. The summed E-state index contributed by atoms with van der Waals surface area (Å²) in [5.74, 6) is 1.03. The van der Waals surface area contributed by atoms with Gasteiger partial charge in [0.2, 0.25) is 5.91 Å². The first-order valence-electron chi connectivity index (χ1n) is 11.0. The third kappa shape index (κ3) is 6.14. The number of nitrogens with zero attached hydrogens (tertiary/aromatic N) is 1. The zero-order valence-electron chi connectivity index (χ0n) is 19.5. The lowest BCUT2D eigenvalue weighted by molar-refractivity contribution is -0.111. The maximum atomic E-state index is 12.4. The molecule has 1 heterocycles. The summed E-state index contributed by atoms with van der Waals surface area (Å²) in [6, 6.07) is 16.3. The summed E-state index contributed by atoms with van der Waals surface area (Å²) in [4.78, 5) is 18.1. The lowest BCUT2D eigenvalue weighted by Gasteiger charge is -2.30. The van der Waals surface area contributed by atoms with Crippen molar-refractivity contribution in [2.24, 2.45) is 0 Å². The average Bonchev–Trinajstić information content (AvgIpc) is 3.18.